The first-order valence-corrected chi connectivity index (χ1v) is 5.81. The number of ether oxygens (including phenoxy) is 3. The van der Waals surface area contributed by atoms with Crippen LogP contribution < -0.4 is 14.8 Å². The summed E-state index contributed by atoms with van der Waals surface area (Å²) in [6, 6.07) is 5.87. The Hall–Kier alpha value is -1.26. The third-order valence-corrected chi connectivity index (χ3v) is 2.34. The topological polar surface area (TPSA) is 39.7 Å². The predicted octanol–water partition coefficient (Wildman–Crippen LogP) is 2.18. The van der Waals surface area contributed by atoms with Crippen LogP contribution in [0.1, 0.15) is 18.9 Å². The summed E-state index contributed by atoms with van der Waals surface area (Å²) < 4.78 is 15.8. The van der Waals surface area contributed by atoms with Gasteiger partial charge in [-0.15, -0.1) is 0 Å². The van der Waals surface area contributed by atoms with Crippen LogP contribution >= 0.6 is 0 Å². The van der Waals surface area contributed by atoms with Gasteiger partial charge in [0, 0.05) is 19.2 Å². The number of benzene rings is 1. The normalized spacial score (nSPS) is 10.3. The molecule has 0 unspecified atom stereocenters. The van der Waals surface area contributed by atoms with Gasteiger partial charge in [0.2, 0.25) is 0 Å². The van der Waals surface area contributed by atoms with E-state index in [9.17, 15) is 0 Å². The lowest BCUT2D eigenvalue weighted by molar-refractivity contribution is 0.0483. The molecule has 0 amide bonds. The average Bonchev–Trinajstić information content (AvgIpc) is 2.37. The van der Waals surface area contributed by atoms with Gasteiger partial charge in [0.15, 0.2) is 18.3 Å². The molecule has 0 aliphatic rings. The Morgan fingerprint density at radius 1 is 1.24 bits per heavy atom. The minimum absolute atomic E-state index is 0.223. The zero-order valence-electron chi connectivity index (χ0n) is 10.8. The second kappa shape index (κ2) is 7.92. The van der Waals surface area contributed by atoms with E-state index in [1.807, 2.05) is 18.2 Å². The quantitative estimate of drug-likeness (QED) is 0.557. The molecule has 0 saturated heterocycles. The zero-order chi connectivity index (χ0) is 12.5. The third-order valence-electron chi connectivity index (χ3n) is 2.34. The minimum atomic E-state index is 0.223. The first-order chi connectivity index (χ1) is 8.33. The van der Waals surface area contributed by atoms with Gasteiger partial charge in [0.25, 0.3) is 0 Å². The molecular weight excluding hydrogens is 218 g/mol. The van der Waals surface area contributed by atoms with E-state index in [1.54, 1.807) is 14.2 Å². The van der Waals surface area contributed by atoms with E-state index >= 15 is 0 Å². The van der Waals surface area contributed by atoms with Crippen molar-refractivity contribution >= 4 is 0 Å². The van der Waals surface area contributed by atoms with E-state index in [0.717, 1.165) is 36.6 Å². The van der Waals surface area contributed by atoms with E-state index in [0.29, 0.717) is 0 Å². The Balaban J connectivity index is 2.77. The highest BCUT2D eigenvalue weighted by Crippen LogP contribution is 2.30. The summed E-state index contributed by atoms with van der Waals surface area (Å²) in [5, 5.41) is 3.34. The number of hydrogen-bond acceptors (Lipinski definition) is 4. The van der Waals surface area contributed by atoms with Crippen LogP contribution in [-0.2, 0) is 11.3 Å². The SMILES string of the molecule is CCCNCc1cccc(OC)c1OCOC. The number of methoxy groups -OCH3 is 2. The molecular formula is C13H21NO3. The largest absolute Gasteiger partial charge is 0.493 e. The van der Waals surface area contributed by atoms with Crippen molar-refractivity contribution in [3.8, 4) is 11.5 Å². The summed E-state index contributed by atoms with van der Waals surface area (Å²) in [6.45, 7) is 4.12. The second-order valence-corrected chi connectivity index (χ2v) is 3.68. The standard InChI is InChI=1S/C13H21NO3/c1-4-8-14-9-11-6-5-7-12(16-3)13(11)17-10-15-2/h5-7,14H,4,8-10H2,1-3H3. The van der Waals surface area contributed by atoms with Crippen molar-refractivity contribution in [2.24, 2.45) is 0 Å². The molecule has 0 fully saturated rings. The van der Waals surface area contributed by atoms with Crippen molar-refractivity contribution in [3.05, 3.63) is 23.8 Å². The summed E-state index contributed by atoms with van der Waals surface area (Å²) in [4.78, 5) is 0. The summed E-state index contributed by atoms with van der Waals surface area (Å²) in [5.41, 5.74) is 1.08. The Kier molecular flexibility index (Phi) is 6.43. The van der Waals surface area contributed by atoms with E-state index in [2.05, 4.69) is 12.2 Å². The molecule has 1 rings (SSSR count). The van der Waals surface area contributed by atoms with Gasteiger partial charge in [-0.1, -0.05) is 19.1 Å². The van der Waals surface area contributed by atoms with Gasteiger partial charge in [-0.05, 0) is 19.0 Å². The zero-order valence-corrected chi connectivity index (χ0v) is 10.8. The lowest BCUT2D eigenvalue weighted by atomic mass is 10.2. The Morgan fingerprint density at radius 2 is 2.06 bits per heavy atom. The van der Waals surface area contributed by atoms with Gasteiger partial charge in [-0.25, -0.2) is 0 Å². The van der Waals surface area contributed by atoms with Crippen molar-refractivity contribution < 1.29 is 14.2 Å². The van der Waals surface area contributed by atoms with Crippen LogP contribution in [0.5, 0.6) is 11.5 Å². The fraction of sp³-hybridized carbons (Fsp3) is 0.538. The summed E-state index contributed by atoms with van der Waals surface area (Å²) >= 11 is 0. The fourth-order valence-corrected chi connectivity index (χ4v) is 1.54. The van der Waals surface area contributed by atoms with Crippen LogP contribution in [0.15, 0.2) is 18.2 Å². The lowest BCUT2D eigenvalue weighted by Crippen LogP contribution is -2.15. The molecule has 4 nitrogen and oxygen atoms in total. The van der Waals surface area contributed by atoms with E-state index in [-0.39, 0.29) is 6.79 Å². The van der Waals surface area contributed by atoms with Gasteiger partial charge in [0.1, 0.15) is 0 Å². The molecule has 0 heterocycles. The molecule has 0 aliphatic heterocycles. The second-order valence-electron chi connectivity index (χ2n) is 3.68. The Labute approximate surface area is 103 Å². The summed E-state index contributed by atoms with van der Waals surface area (Å²) in [6.07, 6.45) is 1.11. The number of para-hydroxylation sites is 1. The molecule has 1 aromatic carbocycles. The fourth-order valence-electron chi connectivity index (χ4n) is 1.54. The molecule has 17 heavy (non-hydrogen) atoms. The molecule has 1 aromatic rings. The van der Waals surface area contributed by atoms with Gasteiger partial charge in [-0.2, -0.15) is 0 Å². The van der Waals surface area contributed by atoms with Crippen LogP contribution in [0.3, 0.4) is 0 Å². The maximum atomic E-state index is 5.55. The first-order valence-electron chi connectivity index (χ1n) is 5.81. The van der Waals surface area contributed by atoms with Crippen molar-refractivity contribution in [1.29, 1.82) is 0 Å². The van der Waals surface area contributed by atoms with Crippen molar-refractivity contribution in [2.45, 2.75) is 19.9 Å². The smallest absolute Gasteiger partial charge is 0.188 e. The molecule has 4 heteroatoms. The molecule has 0 saturated carbocycles. The average molecular weight is 239 g/mol. The number of nitrogens with one attached hydrogen (secondary N) is 1. The number of hydrogen-bond donors (Lipinski definition) is 1. The van der Waals surface area contributed by atoms with Crippen molar-refractivity contribution in [1.82, 2.24) is 5.32 Å². The van der Waals surface area contributed by atoms with Crippen LogP contribution in [0.4, 0.5) is 0 Å². The highest BCUT2D eigenvalue weighted by atomic mass is 16.7. The first kappa shape index (κ1) is 13.8. The van der Waals surface area contributed by atoms with Gasteiger partial charge >= 0.3 is 0 Å². The van der Waals surface area contributed by atoms with Gasteiger partial charge < -0.3 is 19.5 Å². The van der Waals surface area contributed by atoms with Crippen LogP contribution in [0, 0.1) is 0 Å². The minimum Gasteiger partial charge on any atom is -0.493 e. The Morgan fingerprint density at radius 3 is 2.71 bits per heavy atom. The van der Waals surface area contributed by atoms with Crippen LogP contribution in [-0.4, -0.2) is 27.6 Å². The molecule has 0 spiro atoms. The maximum absolute atomic E-state index is 5.55. The van der Waals surface area contributed by atoms with Gasteiger partial charge in [0.05, 0.1) is 7.11 Å². The summed E-state index contributed by atoms with van der Waals surface area (Å²) in [7, 11) is 3.24. The Bertz CT molecular complexity index is 328. The van der Waals surface area contributed by atoms with Crippen molar-refractivity contribution in [2.75, 3.05) is 27.6 Å². The molecule has 0 aromatic heterocycles. The molecule has 0 radical (unpaired) electrons. The van der Waals surface area contributed by atoms with Crippen LogP contribution in [0.2, 0.25) is 0 Å². The van der Waals surface area contributed by atoms with E-state index in [4.69, 9.17) is 14.2 Å². The van der Waals surface area contributed by atoms with Crippen LogP contribution in [0.25, 0.3) is 0 Å². The predicted molar refractivity (Wildman–Crippen MR) is 67.5 cm³/mol. The maximum Gasteiger partial charge on any atom is 0.188 e. The number of rotatable bonds is 8. The van der Waals surface area contributed by atoms with Gasteiger partial charge in [-0.3, -0.25) is 0 Å². The molecule has 0 aliphatic carbocycles. The molecule has 0 atom stereocenters. The molecule has 0 bridgehead atoms. The highest BCUT2D eigenvalue weighted by Gasteiger charge is 2.09. The van der Waals surface area contributed by atoms with Crippen molar-refractivity contribution in [3.63, 3.8) is 0 Å². The van der Waals surface area contributed by atoms with E-state index in [1.165, 1.54) is 0 Å². The third kappa shape index (κ3) is 4.24. The van der Waals surface area contributed by atoms with E-state index < -0.39 is 0 Å². The highest BCUT2D eigenvalue weighted by molar-refractivity contribution is 5.46. The summed E-state index contributed by atoms with van der Waals surface area (Å²) in [5.74, 6) is 1.48. The lowest BCUT2D eigenvalue weighted by Gasteiger charge is -2.14. The molecule has 96 valence electrons. The molecule has 1 N–H and O–H groups in total. The monoisotopic (exact) mass is 239 g/mol.